The summed E-state index contributed by atoms with van der Waals surface area (Å²) in [5.74, 6) is -0.406. The molecule has 0 heterocycles. The van der Waals surface area contributed by atoms with E-state index in [1.807, 2.05) is 13.8 Å². The van der Waals surface area contributed by atoms with Crippen LogP contribution in [0.25, 0.3) is 0 Å². The van der Waals surface area contributed by atoms with Crippen molar-refractivity contribution in [3.8, 4) is 0 Å². The molecule has 0 unspecified atom stereocenters. The van der Waals surface area contributed by atoms with Crippen LogP contribution in [0.15, 0.2) is 0 Å². The average Bonchev–Trinajstić information content (AvgIpc) is 1.87. The van der Waals surface area contributed by atoms with Crippen LogP contribution in [0, 0.1) is 0 Å². The van der Waals surface area contributed by atoms with E-state index in [9.17, 15) is 4.79 Å². The average molecular weight is 161 g/mol. The lowest BCUT2D eigenvalue weighted by Gasteiger charge is -2.14. The maximum Gasteiger partial charge on any atom is 0.222 e. The summed E-state index contributed by atoms with van der Waals surface area (Å²) < 4.78 is 10.1. The van der Waals surface area contributed by atoms with Crippen molar-refractivity contribution in [2.24, 2.45) is 5.73 Å². The normalized spacial score (nSPS) is 10.5. The van der Waals surface area contributed by atoms with Crippen LogP contribution < -0.4 is 5.73 Å². The molecule has 0 bridgehead atoms. The Balaban J connectivity index is 3.59. The zero-order valence-electron chi connectivity index (χ0n) is 7.00. The molecule has 0 rings (SSSR count). The van der Waals surface area contributed by atoms with Gasteiger partial charge in [-0.1, -0.05) is 0 Å². The Hall–Kier alpha value is -0.610. The van der Waals surface area contributed by atoms with Crippen LogP contribution in [0.4, 0.5) is 0 Å². The van der Waals surface area contributed by atoms with Gasteiger partial charge in [0.1, 0.15) is 0 Å². The number of carbonyl (C=O) groups excluding carboxylic acids is 1. The lowest BCUT2D eigenvalue weighted by atomic mass is 10.4. The number of amides is 1. The number of hydrogen-bond donors (Lipinski definition) is 1. The number of rotatable bonds is 6. The van der Waals surface area contributed by atoms with Gasteiger partial charge in [0, 0.05) is 13.2 Å². The van der Waals surface area contributed by atoms with Gasteiger partial charge in [0.15, 0.2) is 6.29 Å². The van der Waals surface area contributed by atoms with Gasteiger partial charge in [-0.25, -0.2) is 0 Å². The summed E-state index contributed by atoms with van der Waals surface area (Å²) >= 11 is 0. The van der Waals surface area contributed by atoms with Gasteiger partial charge in [0.05, 0.1) is 6.42 Å². The molecular weight excluding hydrogens is 146 g/mol. The molecule has 0 atom stereocenters. The van der Waals surface area contributed by atoms with Crippen molar-refractivity contribution in [3.05, 3.63) is 0 Å². The van der Waals surface area contributed by atoms with Gasteiger partial charge in [-0.3, -0.25) is 4.79 Å². The van der Waals surface area contributed by atoms with Gasteiger partial charge in [0.25, 0.3) is 0 Å². The third-order valence-corrected chi connectivity index (χ3v) is 1.07. The quantitative estimate of drug-likeness (QED) is 0.568. The number of carbonyl (C=O) groups is 1. The van der Waals surface area contributed by atoms with Crippen LogP contribution in [-0.4, -0.2) is 25.4 Å². The SMILES string of the molecule is CCOC(CC(N)=O)OCC. The largest absolute Gasteiger partial charge is 0.370 e. The first kappa shape index (κ1) is 10.4. The number of hydrogen-bond acceptors (Lipinski definition) is 3. The molecule has 0 aliphatic heterocycles. The van der Waals surface area contributed by atoms with Gasteiger partial charge in [-0.05, 0) is 13.8 Å². The van der Waals surface area contributed by atoms with E-state index in [4.69, 9.17) is 15.2 Å². The second-order valence-electron chi connectivity index (χ2n) is 2.01. The molecule has 66 valence electrons. The fourth-order valence-electron chi connectivity index (χ4n) is 0.702. The summed E-state index contributed by atoms with van der Waals surface area (Å²) in [5.41, 5.74) is 4.95. The molecule has 4 nitrogen and oxygen atoms in total. The second kappa shape index (κ2) is 6.12. The summed E-state index contributed by atoms with van der Waals surface area (Å²) in [7, 11) is 0. The fourth-order valence-corrected chi connectivity index (χ4v) is 0.702. The van der Waals surface area contributed by atoms with Gasteiger partial charge >= 0.3 is 0 Å². The molecule has 0 fully saturated rings. The predicted molar refractivity (Wildman–Crippen MR) is 40.9 cm³/mol. The minimum absolute atomic E-state index is 0.127. The third-order valence-electron chi connectivity index (χ3n) is 1.07. The molecule has 2 N–H and O–H groups in total. The van der Waals surface area contributed by atoms with Gasteiger partial charge in [0.2, 0.25) is 5.91 Å². The Bertz CT molecular complexity index is 110. The lowest BCUT2D eigenvalue weighted by Crippen LogP contribution is -2.25. The summed E-state index contributed by atoms with van der Waals surface area (Å²) in [6.45, 7) is 4.73. The standard InChI is InChI=1S/C7H15NO3/c1-3-10-7(11-4-2)5-6(8)9/h7H,3-5H2,1-2H3,(H2,8,9). The minimum Gasteiger partial charge on any atom is -0.370 e. The molecule has 0 aromatic carbocycles. The van der Waals surface area contributed by atoms with E-state index < -0.39 is 12.2 Å². The van der Waals surface area contributed by atoms with Crippen molar-refractivity contribution in [2.75, 3.05) is 13.2 Å². The van der Waals surface area contributed by atoms with Crippen LogP contribution in [0.1, 0.15) is 20.3 Å². The molecule has 0 radical (unpaired) electrons. The van der Waals surface area contributed by atoms with Gasteiger partial charge < -0.3 is 15.2 Å². The maximum absolute atomic E-state index is 10.4. The van der Waals surface area contributed by atoms with E-state index in [0.29, 0.717) is 13.2 Å². The highest BCUT2D eigenvalue weighted by Crippen LogP contribution is 1.99. The van der Waals surface area contributed by atoms with E-state index in [1.54, 1.807) is 0 Å². The molecule has 0 aliphatic rings. The molecule has 0 saturated heterocycles. The molecule has 4 heteroatoms. The van der Waals surface area contributed by atoms with Crippen LogP contribution in [0.3, 0.4) is 0 Å². The Kier molecular flexibility index (Phi) is 5.78. The lowest BCUT2D eigenvalue weighted by molar-refractivity contribution is -0.151. The second-order valence-corrected chi connectivity index (χ2v) is 2.01. The van der Waals surface area contributed by atoms with Crippen LogP contribution in [0.2, 0.25) is 0 Å². The molecule has 0 aliphatic carbocycles. The van der Waals surface area contributed by atoms with Crippen LogP contribution in [0.5, 0.6) is 0 Å². The van der Waals surface area contributed by atoms with E-state index >= 15 is 0 Å². The van der Waals surface area contributed by atoms with Gasteiger partial charge in [-0.15, -0.1) is 0 Å². The summed E-state index contributed by atoms with van der Waals surface area (Å²) in [5, 5.41) is 0. The minimum atomic E-state index is -0.470. The zero-order valence-corrected chi connectivity index (χ0v) is 7.00. The Morgan fingerprint density at radius 3 is 2.09 bits per heavy atom. The predicted octanol–water partition coefficient (Wildman–Crippen LogP) is 0.261. The maximum atomic E-state index is 10.4. The number of nitrogens with two attached hydrogens (primary N) is 1. The molecule has 0 spiro atoms. The summed E-state index contributed by atoms with van der Waals surface area (Å²) in [6.07, 6.45) is -0.343. The van der Waals surface area contributed by atoms with Crippen molar-refractivity contribution in [3.63, 3.8) is 0 Å². The molecule has 0 aromatic heterocycles. The Labute approximate surface area is 66.7 Å². The van der Waals surface area contributed by atoms with Crippen molar-refractivity contribution >= 4 is 5.91 Å². The number of primary amides is 1. The van der Waals surface area contributed by atoms with Crippen LogP contribution >= 0.6 is 0 Å². The van der Waals surface area contributed by atoms with E-state index in [2.05, 4.69) is 0 Å². The first-order valence-corrected chi connectivity index (χ1v) is 3.72. The van der Waals surface area contributed by atoms with Crippen molar-refractivity contribution in [1.29, 1.82) is 0 Å². The fraction of sp³-hybridized carbons (Fsp3) is 0.857. The summed E-state index contributed by atoms with van der Waals surface area (Å²) in [6, 6.07) is 0. The highest BCUT2D eigenvalue weighted by molar-refractivity contribution is 5.74. The Morgan fingerprint density at radius 2 is 1.82 bits per heavy atom. The molecule has 0 aromatic rings. The topological polar surface area (TPSA) is 61.5 Å². The molecule has 1 amide bonds. The smallest absolute Gasteiger partial charge is 0.222 e. The van der Waals surface area contributed by atoms with E-state index in [1.165, 1.54) is 0 Å². The number of ether oxygens (including phenoxy) is 2. The Morgan fingerprint density at radius 1 is 1.36 bits per heavy atom. The van der Waals surface area contributed by atoms with Crippen molar-refractivity contribution in [2.45, 2.75) is 26.6 Å². The molecular formula is C7H15NO3. The van der Waals surface area contributed by atoms with E-state index in [0.717, 1.165) is 0 Å². The summed E-state index contributed by atoms with van der Waals surface area (Å²) in [4.78, 5) is 10.4. The highest BCUT2D eigenvalue weighted by Gasteiger charge is 2.10. The third kappa shape index (κ3) is 5.82. The van der Waals surface area contributed by atoms with Crippen molar-refractivity contribution < 1.29 is 14.3 Å². The van der Waals surface area contributed by atoms with Gasteiger partial charge in [-0.2, -0.15) is 0 Å². The first-order chi connectivity index (χ1) is 5.20. The molecule has 0 saturated carbocycles. The zero-order chi connectivity index (χ0) is 8.69. The first-order valence-electron chi connectivity index (χ1n) is 3.72. The van der Waals surface area contributed by atoms with Crippen molar-refractivity contribution in [1.82, 2.24) is 0 Å². The van der Waals surface area contributed by atoms with Crippen LogP contribution in [-0.2, 0) is 14.3 Å². The highest BCUT2D eigenvalue weighted by atomic mass is 16.7. The molecule has 11 heavy (non-hydrogen) atoms. The monoisotopic (exact) mass is 161 g/mol. The van der Waals surface area contributed by atoms with E-state index in [-0.39, 0.29) is 6.42 Å².